The Morgan fingerprint density at radius 2 is 1.95 bits per heavy atom. The molecule has 0 amide bonds. The van der Waals surface area contributed by atoms with Crippen LogP contribution in [-0.4, -0.2) is 48.6 Å². The van der Waals surface area contributed by atoms with E-state index in [1.807, 2.05) is 0 Å². The van der Waals surface area contributed by atoms with Crippen molar-refractivity contribution in [2.45, 2.75) is 31.7 Å². The predicted molar refractivity (Wildman–Crippen MR) is 56.2 cm³/mol. The summed E-state index contributed by atoms with van der Waals surface area (Å²) in [5, 5.41) is 1.48. The van der Waals surface area contributed by atoms with Gasteiger partial charge >= 0.3 is 18.1 Å². The number of hydroxylamine groups is 2. The summed E-state index contributed by atoms with van der Waals surface area (Å²) in [6.45, 7) is 1.30. The molecule has 0 radical (unpaired) electrons. The number of nitrogens with zero attached hydrogens (tertiary/aromatic N) is 1. The minimum atomic E-state index is -1.13. The maximum Gasteiger partial charge on any atom is 0.528 e. The molecule has 3 rings (SSSR count). The van der Waals surface area contributed by atoms with Crippen molar-refractivity contribution in [1.29, 1.82) is 0 Å². The minimum absolute atomic E-state index is 0.00192. The monoisotopic (exact) mass is 271 g/mol. The van der Waals surface area contributed by atoms with E-state index in [1.165, 1.54) is 5.06 Å². The molecule has 104 valence electrons. The molecule has 0 spiro atoms. The molecule has 3 atom stereocenters. The second-order valence-corrected chi connectivity index (χ2v) is 4.68. The van der Waals surface area contributed by atoms with Gasteiger partial charge in [0.15, 0.2) is 0 Å². The van der Waals surface area contributed by atoms with Crippen LogP contribution >= 0.6 is 0 Å². The fraction of sp³-hybridized carbons (Fsp3) is 0.727. The maximum absolute atomic E-state index is 11.6. The quantitative estimate of drug-likeness (QED) is 0.646. The number of carbonyl (C=O) groups is 3. The van der Waals surface area contributed by atoms with Crippen molar-refractivity contribution in [1.82, 2.24) is 5.06 Å². The SMILES string of the molecule is O=C1C[C@@H]2[C@H](O1)OC(=O)[C@@H]2OC(=O)ON1CCCC1. The van der Waals surface area contributed by atoms with E-state index in [2.05, 4.69) is 0 Å². The summed E-state index contributed by atoms with van der Waals surface area (Å²) in [7, 11) is 0. The van der Waals surface area contributed by atoms with Gasteiger partial charge in [0.2, 0.25) is 6.10 Å². The maximum atomic E-state index is 11.6. The van der Waals surface area contributed by atoms with Crippen LogP contribution in [0.5, 0.6) is 0 Å². The number of esters is 2. The molecule has 0 aromatic carbocycles. The fourth-order valence-electron chi connectivity index (χ4n) is 2.42. The van der Waals surface area contributed by atoms with Gasteiger partial charge in [0.25, 0.3) is 6.29 Å². The van der Waals surface area contributed by atoms with Crippen LogP contribution in [0.2, 0.25) is 0 Å². The van der Waals surface area contributed by atoms with Crippen molar-refractivity contribution in [3.05, 3.63) is 0 Å². The van der Waals surface area contributed by atoms with E-state index < -0.39 is 36.4 Å². The molecular weight excluding hydrogens is 258 g/mol. The van der Waals surface area contributed by atoms with Crippen LogP contribution < -0.4 is 0 Å². The minimum Gasteiger partial charge on any atom is -0.425 e. The molecule has 0 aliphatic carbocycles. The number of rotatable bonds is 2. The highest BCUT2D eigenvalue weighted by molar-refractivity contribution is 5.83. The fourth-order valence-corrected chi connectivity index (χ4v) is 2.42. The Kier molecular flexibility index (Phi) is 3.02. The van der Waals surface area contributed by atoms with Crippen LogP contribution in [0.3, 0.4) is 0 Å². The molecule has 3 fully saturated rings. The zero-order valence-electron chi connectivity index (χ0n) is 10.1. The molecule has 0 aromatic heterocycles. The summed E-state index contributed by atoms with van der Waals surface area (Å²) in [5.41, 5.74) is 0. The molecule has 0 saturated carbocycles. The lowest BCUT2D eigenvalue weighted by atomic mass is 10.0. The standard InChI is InChI=1S/C11H13NO7/c13-7-5-6-8(9(14)18-10(6)16-7)17-11(15)19-12-3-1-2-4-12/h6,8,10H,1-5H2/t6-,8+,10+/m0/s1. The molecule has 0 bridgehead atoms. The Labute approximate surface area is 108 Å². The van der Waals surface area contributed by atoms with Gasteiger partial charge in [-0.3, -0.25) is 4.79 Å². The van der Waals surface area contributed by atoms with Gasteiger partial charge < -0.3 is 19.0 Å². The average Bonchev–Trinajstić information content (AvgIpc) is 3.00. The van der Waals surface area contributed by atoms with Crippen molar-refractivity contribution in [3.63, 3.8) is 0 Å². The molecule has 0 aromatic rings. The topological polar surface area (TPSA) is 91.4 Å². The van der Waals surface area contributed by atoms with E-state index in [9.17, 15) is 14.4 Å². The smallest absolute Gasteiger partial charge is 0.425 e. The Morgan fingerprint density at radius 3 is 2.68 bits per heavy atom. The van der Waals surface area contributed by atoms with Crippen molar-refractivity contribution in [2.75, 3.05) is 13.1 Å². The molecule has 19 heavy (non-hydrogen) atoms. The van der Waals surface area contributed by atoms with Crippen molar-refractivity contribution < 1.29 is 33.4 Å². The number of fused-ring (bicyclic) bond motifs is 1. The third-order valence-corrected chi connectivity index (χ3v) is 3.34. The lowest BCUT2D eigenvalue weighted by molar-refractivity contribution is -0.172. The summed E-state index contributed by atoms with van der Waals surface area (Å²) in [5.74, 6) is -1.75. The van der Waals surface area contributed by atoms with Gasteiger partial charge in [0.1, 0.15) is 0 Å². The molecule has 8 nitrogen and oxygen atoms in total. The van der Waals surface area contributed by atoms with Crippen LogP contribution in [0.15, 0.2) is 0 Å². The van der Waals surface area contributed by atoms with E-state index in [-0.39, 0.29) is 6.42 Å². The van der Waals surface area contributed by atoms with E-state index in [0.29, 0.717) is 13.1 Å². The van der Waals surface area contributed by atoms with E-state index in [4.69, 9.17) is 19.0 Å². The zero-order chi connectivity index (χ0) is 13.4. The Balaban J connectivity index is 1.57. The Hall–Kier alpha value is -1.83. The third kappa shape index (κ3) is 2.35. The van der Waals surface area contributed by atoms with Gasteiger partial charge in [-0.1, -0.05) is 0 Å². The average molecular weight is 271 g/mol. The van der Waals surface area contributed by atoms with E-state index in [0.717, 1.165) is 12.8 Å². The van der Waals surface area contributed by atoms with Gasteiger partial charge in [0.05, 0.1) is 12.3 Å². The van der Waals surface area contributed by atoms with E-state index >= 15 is 0 Å². The third-order valence-electron chi connectivity index (χ3n) is 3.34. The Morgan fingerprint density at radius 1 is 1.21 bits per heavy atom. The van der Waals surface area contributed by atoms with Gasteiger partial charge in [-0.05, 0) is 12.8 Å². The van der Waals surface area contributed by atoms with Crippen molar-refractivity contribution >= 4 is 18.1 Å². The first kappa shape index (κ1) is 12.2. The summed E-state index contributed by atoms with van der Waals surface area (Å²) in [4.78, 5) is 39.1. The second kappa shape index (κ2) is 4.69. The summed E-state index contributed by atoms with van der Waals surface area (Å²) < 4.78 is 14.5. The molecule has 8 heteroatoms. The molecule has 0 N–H and O–H groups in total. The molecule has 0 unspecified atom stereocenters. The lowest BCUT2D eigenvalue weighted by Crippen LogP contribution is -2.33. The predicted octanol–water partition coefficient (Wildman–Crippen LogP) is -0.0350. The highest BCUT2D eigenvalue weighted by Crippen LogP contribution is 2.34. The summed E-state index contributed by atoms with van der Waals surface area (Å²) in [6.07, 6.45) is -1.13. The summed E-state index contributed by atoms with van der Waals surface area (Å²) in [6, 6.07) is 0. The van der Waals surface area contributed by atoms with Crippen molar-refractivity contribution in [2.24, 2.45) is 5.92 Å². The molecule has 3 saturated heterocycles. The first-order valence-corrected chi connectivity index (χ1v) is 6.17. The first-order chi connectivity index (χ1) is 9.13. The lowest BCUT2D eigenvalue weighted by Gasteiger charge is -2.16. The molecule has 3 aliphatic rings. The number of carbonyl (C=O) groups excluding carboxylic acids is 3. The van der Waals surface area contributed by atoms with Crippen molar-refractivity contribution in [3.8, 4) is 0 Å². The molecule has 3 heterocycles. The number of ether oxygens (including phenoxy) is 3. The first-order valence-electron chi connectivity index (χ1n) is 6.17. The van der Waals surface area contributed by atoms with Crippen LogP contribution in [0.1, 0.15) is 19.3 Å². The number of hydrogen-bond acceptors (Lipinski definition) is 8. The summed E-state index contributed by atoms with van der Waals surface area (Å²) >= 11 is 0. The second-order valence-electron chi connectivity index (χ2n) is 4.68. The van der Waals surface area contributed by atoms with Gasteiger partial charge in [0, 0.05) is 13.1 Å². The van der Waals surface area contributed by atoms with Crippen LogP contribution in [0, 0.1) is 5.92 Å². The normalized spacial score (nSPS) is 33.8. The highest BCUT2D eigenvalue weighted by atomic mass is 16.8. The zero-order valence-corrected chi connectivity index (χ0v) is 10.1. The van der Waals surface area contributed by atoms with Gasteiger partial charge in [-0.15, -0.1) is 5.06 Å². The Bertz CT molecular complexity index is 417. The highest BCUT2D eigenvalue weighted by Gasteiger charge is 2.54. The van der Waals surface area contributed by atoms with Gasteiger partial charge in [-0.25, -0.2) is 9.59 Å². The van der Waals surface area contributed by atoms with E-state index in [1.54, 1.807) is 0 Å². The molecule has 3 aliphatic heterocycles. The van der Waals surface area contributed by atoms with Crippen LogP contribution in [-0.2, 0) is 28.6 Å². The van der Waals surface area contributed by atoms with Gasteiger partial charge in [-0.2, -0.15) is 0 Å². The largest absolute Gasteiger partial charge is 0.528 e. The van der Waals surface area contributed by atoms with Crippen LogP contribution in [0.4, 0.5) is 4.79 Å². The molecular formula is C11H13NO7. The number of hydrogen-bond donors (Lipinski definition) is 0. The van der Waals surface area contributed by atoms with Crippen LogP contribution in [0.25, 0.3) is 0 Å².